The van der Waals surface area contributed by atoms with E-state index in [-0.39, 0.29) is 11.3 Å². The van der Waals surface area contributed by atoms with Gasteiger partial charge in [-0.05, 0) is 37.3 Å². The quantitative estimate of drug-likeness (QED) is 0.570. The van der Waals surface area contributed by atoms with E-state index in [9.17, 15) is 14.4 Å². The maximum atomic E-state index is 12.8. The van der Waals surface area contributed by atoms with E-state index in [4.69, 9.17) is 16.3 Å². The van der Waals surface area contributed by atoms with Crippen LogP contribution in [0.4, 0.5) is 0 Å². The van der Waals surface area contributed by atoms with Crippen molar-refractivity contribution < 1.29 is 14.3 Å². The molecule has 0 aliphatic rings. The van der Waals surface area contributed by atoms with Gasteiger partial charge in [-0.3, -0.25) is 14.4 Å². The van der Waals surface area contributed by atoms with Gasteiger partial charge in [0.05, 0.1) is 10.4 Å². The molecule has 24 heavy (non-hydrogen) atoms. The van der Waals surface area contributed by atoms with Gasteiger partial charge in [0.15, 0.2) is 5.75 Å². The summed E-state index contributed by atoms with van der Waals surface area (Å²) < 4.78 is 5.21. The first-order chi connectivity index (χ1) is 11.4. The minimum absolute atomic E-state index is 0.0696. The van der Waals surface area contributed by atoms with E-state index in [1.54, 1.807) is 30.3 Å². The summed E-state index contributed by atoms with van der Waals surface area (Å²) in [4.78, 5) is 40.7. The lowest BCUT2D eigenvalue weighted by Gasteiger charge is -2.11. The highest BCUT2D eigenvalue weighted by molar-refractivity contribution is 7.14. The smallest absolute Gasteiger partial charge is 0.308 e. The largest absolute Gasteiger partial charge is 0.425 e. The van der Waals surface area contributed by atoms with Gasteiger partial charge in [-0.25, -0.2) is 0 Å². The topological polar surface area (TPSA) is 76.2 Å². The highest BCUT2D eigenvalue weighted by atomic mass is 35.5. The summed E-state index contributed by atoms with van der Waals surface area (Å²) >= 11 is 7.27. The average Bonchev–Trinajstić information content (AvgIpc) is 2.94. The minimum Gasteiger partial charge on any atom is -0.425 e. The van der Waals surface area contributed by atoms with E-state index in [0.29, 0.717) is 20.8 Å². The van der Waals surface area contributed by atoms with Gasteiger partial charge >= 0.3 is 5.97 Å². The zero-order valence-electron chi connectivity index (χ0n) is 12.8. The Bertz CT molecular complexity index is 1030. The fraction of sp³-hybridized carbons (Fsp3) is 0.118. The van der Waals surface area contributed by atoms with Crippen molar-refractivity contribution in [3.63, 3.8) is 0 Å². The molecule has 0 saturated carbocycles. The molecule has 3 rings (SSSR count). The van der Waals surface area contributed by atoms with Crippen molar-refractivity contribution in [2.24, 2.45) is 0 Å². The molecule has 0 spiro atoms. The number of aromatic nitrogens is 1. The number of benzene rings is 1. The third-order valence-corrected chi connectivity index (χ3v) is 4.60. The Morgan fingerprint density at radius 3 is 2.58 bits per heavy atom. The van der Waals surface area contributed by atoms with Crippen LogP contribution in [0.5, 0.6) is 5.75 Å². The number of hydrogen-bond donors (Lipinski definition) is 1. The zero-order chi connectivity index (χ0) is 17.4. The van der Waals surface area contributed by atoms with Crippen molar-refractivity contribution in [1.82, 2.24) is 4.98 Å². The molecule has 0 bridgehead atoms. The predicted octanol–water partition coefficient (Wildman–Crippen LogP) is 3.71. The lowest BCUT2D eigenvalue weighted by Crippen LogP contribution is -2.21. The molecule has 7 heteroatoms. The van der Waals surface area contributed by atoms with Crippen molar-refractivity contribution >= 4 is 45.6 Å². The third kappa shape index (κ3) is 2.98. The molecule has 0 aliphatic carbocycles. The van der Waals surface area contributed by atoms with E-state index in [1.165, 1.54) is 18.3 Å². The number of hydrogen-bond acceptors (Lipinski definition) is 5. The number of ketones is 1. The van der Waals surface area contributed by atoms with Crippen molar-refractivity contribution in [3.05, 3.63) is 61.0 Å². The molecule has 0 unspecified atom stereocenters. The fourth-order valence-corrected chi connectivity index (χ4v) is 3.36. The van der Waals surface area contributed by atoms with Crippen LogP contribution in [0, 0.1) is 6.92 Å². The molecule has 0 fully saturated rings. The van der Waals surface area contributed by atoms with Crippen molar-refractivity contribution in [3.8, 4) is 5.75 Å². The first-order valence-electron chi connectivity index (χ1n) is 7.02. The number of aromatic amines is 1. The van der Waals surface area contributed by atoms with Crippen LogP contribution in [0.1, 0.15) is 27.0 Å². The molecule has 5 nitrogen and oxygen atoms in total. The number of carbonyl (C=O) groups excluding carboxylic acids is 2. The molecule has 0 atom stereocenters. The SMILES string of the molecule is CC(=O)Oc1c(C(=O)c2ccc(C)s2)c(=O)[nH]c2ccc(Cl)cc12. The number of H-pyrrole nitrogens is 1. The van der Waals surface area contributed by atoms with E-state index >= 15 is 0 Å². The molecule has 0 aliphatic heterocycles. The van der Waals surface area contributed by atoms with Crippen LogP contribution in [0.25, 0.3) is 10.9 Å². The summed E-state index contributed by atoms with van der Waals surface area (Å²) in [6.07, 6.45) is 0. The third-order valence-electron chi connectivity index (χ3n) is 3.37. The van der Waals surface area contributed by atoms with Gasteiger partial charge in [-0.15, -0.1) is 11.3 Å². The second kappa shape index (κ2) is 6.22. The summed E-state index contributed by atoms with van der Waals surface area (Å²) in [5.74, 6) is -1.19. The first kappa shape index (κ1) is 16.4. The Morgan fingerprint density at radius 2 is 1.96 bits per heavy atom. The Morgan fingerprint density at radius 1 is 1.21 bits per heavy atom. The van der Waals surface area contributed by atoms with E-state index in [1.807, 2.05) is 6.92 Å². The number of fused-ring (bicyclic) bond motifs is 1. The van der Waals surface area contributed by atoms with Crippen LogP contribution in [0.15, 0.2) is 35.1 Å². The number of aryl methyl sites for hydroxylation is 1. The lowest BCUT2D eigenvalue weighted by atomic mass is 10.1. The molecular weight excluding hydrogens is 350 g/mol. The average molecular weight is 362 g/mol. The second-order valence-electron chi connectivity index (χ2n) is 5.18. The summed E-state index contributed by atoms with van der Waals surface area (Å²) in [6, 6.07) is 8.16. The maximum Gasteiger partial charge on any atom is 0.308 e. The number of ether oxygens (including phenoxy) is 1. The number of rotatable bonds is 3. The van der Waals surface area contributed by atoms with Gasteiger partial charge in [0.2, 0.25) is 5.78 Å². The van der Waals surface area contributed by atoms with Crippen LogP contribution in [0.3, 0.4) is 0 Å². The van der Waals surface area contributed by atoms with Gasteiger partial charge in [-0.1, -0.05) is 11.6 Å². The molecule has 122 valence electrons. The normalized spacial score (nSPS) is 10.8. The Labute approximate surface area is 145 Å². The molecule has 0 saturated heterocycles. The molecule has 0 amide bonds. The molecule has 1 aromatic carbocycles. The molecule has 1 N–H and O–H groups in total. The standard InChI is InChI=1S/C17H12ClNO4S/c1-8-3-6-13(24-8)15(21)14-16(23-9(2)20)11-7-10(18)4-5-12(11)19-17(14)22/h3-7H,1-2H3,(H,19,22). The van der Waals surface area contributed by atoms with Crippen LogP contribution in [-0.4, -0.2) is 16.7 Å². The number of carbonyl (C=O) groups is 2. The van der Waals surface area contributed by atoms with Crippen molar-refractivity contribution in [1.29, 1.82) is 0 Å². The molecular formula is C17H12ClNO4S. The maximum absolute atomic E-state index is 12.8. The van der Waals surface area contributed by atoms with Gasteiger partial charge in [0.25, 0.3) is 5.56 Å². The highest BCUT2D eigenvalue weighted by Gasteiger charge is 2.24. The Kier molecular flexibility index (Phi) is 4.26. The lowest BCUT2D eigenvalue weighted by molar-refractivity contribution is -0.131. The number of thiophene rings is 1. The summed E-state index contributed by atoms with van der Waals surface area (Å²) in [7, 11) is 0. The Hall–Kier alpha value is -2.44. The summed E-state index contributed by atoms with van der Waals surface area (Å²) in [5, 5.41) is 0.794. The van der Waals surface area contributed by atoms with Gasteiger partial charge in [0.1, 0.15) is 5.56 Å². The predicted molar refractivity (Wildman–Crippen MR) is 93.4 cm³/mol. The van der Waals surface area contributed by atoms with E-state index in [2.05, 4.69) is 4.98 Å². The molecule has 0 radical (unpaired) electrons. The number of pyridine rings is 1. The van der Waals surface area contributed by atoms with Crippen LogP contribution >= 0.6 is 22.9 Å². The Balaban J connectivity index is 2.33. The van der Waals surface area contributed by atoms with E-state index in [0.717, 1.165) is 4.88 Å². The van der Waals surface area contributed by atoms with Crippen LogP contribution < -0.4 is 10.3 Å². The van der Waals surface area contributed by atoms with Crippen molar-refractivity contribution in [2.45, 2.75) is 13.8 Å². The molecule has 2 aromatic heterocycles. The first-order valence-corrected chi connectivity index (χ1v) is 8.21. The van der Waals surface area contributed by atoms with Crippen LogP contribution in [0.2, 0.25) is 5.02 Å². The van der Waals surface area contributed by atoms with Crippen molar-refractivity contribution in [2.75, 3.05) is 0 Å². The number of halogens is 1. The summed E-state index contributed by atoms with van der Waals surface area (Å²) in [5.41, 5.74) is -0.390. The second-order valence-corrected chi connectivity index (χ2v) is 6.91. The van der Waals surface area contributed by atoms with Gasteiger partial charge in [0, 0.05) is 22.2 Å². The highest BCUT2D eigenvalue weighted by Crippen LogP contribution is 2.31. The zero-order valence-corrected chi connectivity index (χ0v) is 14.4. The fourth-order valence-electron chi connectivity index (χ4n) is 2.37. The van der Waals surface area contributed by atoms with E-state index < -0.39 is 17.3 Å². The number of nitrogens with one attached hydrogen (secondary N) is 1. The minimum atomic E-state index is -0.627. The van der Waals surface area contributed by atoms with Gasteiger partial charge < -0.3 is 9.72 Å². The molecule has 2 heterocycles. The summed E-state index contributed by atoms with van der Waals surface area (Å²) in [6.45, 7) is 3.07. The number of esters is 1. The van der Waals surface area contributed by atoms with Crippen LogP contribution in [-0.2, 0) is 4.79 Å². The van der Waals surface area contributed by atoms with Gasteiger partial charge in [-0.2, -0.15) is 0 Å². The molecule has 3 aromatic rings. The monoisotopic (exact) mass is 361 g/mol.